The number of alkyl carbamates (subject to hydrolysis) is 2. The standard InChI is InChI=1S/C24H32ClN5O2.C13H24N2O2.C11H9Cl2N3/c1-14-7-6-8-17(19(14)25)18-11-27-21(28-20(18)26)30-12-15-9-24(5,10-16(15)13-30)29-22(31)32-23(2,3)4;1-12(2,3)17-11(16)15-13(4)5-9-7-14-8-10(9)6-13;1-6-3-2-4-7(9(6)12)8-5-15-11(13)16-10(8)14/h6-8,11,15-16H,9-10,12-13H2,1-5H3,(H,29,31)(H2,26,27,28);9-10,14H,5-8H2,1-4H3,(H,15,16);2-5H,1H3,(H2,14,15,16)/t15-,16+,24?;9-,10+,13?;. The van der Waals surface area contributed by atoms with Crippen molar-refractivity contribution in [1.82, 2.24) is 35.9 Å². The van der Waals surface area contributed by atoms with Crippen molar-refractivity contribution in [1.29, 1.82) is 0 Å². The molecule has 2 saturated carbocycles. The van der Waals surface area contributed by atoms with E-state index in [9.17, 15) is 9.59 Å². The van der Waals surface area contributed by atoms with Crippen molar-refractivity contribution in [2.24, 2.45) is 23.7 Å². The highest BCUT2D eigenvalue weighted by Gasteiger charge is 2.49. The van der Waals surface area contributed by atoms with E-state index in [0.717, 1.165) is 91.5 Å². The number of ether oxygens (including phenoxy) is 2. The van der Waals surface area contributed by atoms with Gasteiger partial charge in [-0.25, -0.2) is 24.5 Å². The fourth-order valence-electron chi connectivity index (χ4n) is 9.65. The summed E-state index contributed by atoms with van der Waals surface area (Å²) < 4.78 is 10.8. The first kappa shape index (κ1) is 49.8. The molecule has 2 saturated heterocycles. The lowest BCUT2D eigenvalue weighted by molar-refractivity contribution is 0.0449. The Morgan fingerprint density at radius 3 is 1.51 bits per heavy atom. The fourth-order valence-corrected chi connectivity index (χ4v) is 10.2. The van der Waals surface area contributed by atoms with E-state index in [-0.39, 0.29) is 28.5 Å². The van der Waals surface area contributed by atoms with Crippen LogP contribution in [0.3, 0.4) is 0 Å². The molecule has 65 heavy (non-hydrogen) atoms. The first-order valence-electron chi connectivity index (χ1n) is 22.2. The Morgan fingerprint density at radius 2 is 1.09 bits per heavy atom. The molecule has 2 aliphatic heterocycles. The van der Waals surface area contributed by atoms with Gasteiger partial charge in [-0.3, -0.25) is 0 Å². The van der Waals surface area contributed by atoms with Crippen LogP contribution in [-0.2, 0) is 9.47 Å². The Labute approximate surface area is 398 Å². The van der Waals surface area contributed by atoms with E-state index in [1.54, 1.807) is 12.4 Å². The van der Waals surface area contributed by atoms with E-state index < -0.39 is 11.2 Å². The number of benzene rings is 2. The summed E-state index contributed by atoms with van der Waals surface area (Å²) in [4.78, 5) is 43.3. The number of carbonyl (C=O) groups is 2. The second kappa shape index (κ2) is 19.7. The Bertz CT molecular complexity index is 2340. The molecule has 2 unspecified atom stereocenters. The number of nitrogen functional groups attached to an aromatic ring is 2. The average Bonchev–Trinajstić information content (AvgIpc) is 3.92. The molecule has 4 aliphatic rings. The number of nitrogens with two attached hydrogens (primary N) is 2. The Balaban J connectivity index is 0.000000178. The minimum atomic E-state index is -0.502. The summed E-state index contributed by atoms with van der Waals surface area (Å²) in [6.45, 7) is 23.3. The number of anilines is 3. The Kier molecular flexibility index (Phi) is 15.1. The van der Waals surface area contributed by atoms with Crippen LogP contribution in [0.2, 0.25) is 15.3 Å². The molecular weight excluding hydrogens is 887 g/mol. The number of carbonyl (C=O) groups excluding carboxylic acids is 2. The van der Waals surface area contributed by atoms with Gasteiger partial charge in [-0.1, -0.05) is 59.6 Å². The predicted octanol–water partition coefficient (Wildman–Crippen LogP) is 10.1. The maximum Gasteiger partial charge on any atom is 0.408 e. The zero-order valence-electron chi connectivity index (χ0n) is 39.2. The van der Waals surface area contributed by atoms with Crippen LogP contribution in [0.25, 0.3) is 22.3 Å². The van der Waals surface area contributed by atoms with E-state index in [4.69, 9.17) is 55.7 Å². The summed E-state index contributed by atoms with van der Waals surface area (Å²) >= 11 is 18.3. The highest BCUT2D eigenvalue weighted by Crippen LogP contribution is 2.45. The van der Waals surface area contributed by atoms with Crippen LogP contribution in [0.1, 0.15) is 92.2 Å². The van der Waals surface area contributed by atoms with Crippen LogP contribution in [0.15, 0.2) is 48.8 Å². The van der Waals surface area contributed by atoms with Gasteiger partial charge in [0.1, 0.15) is 22.8 Å². The molecule has 17 heteroatoms. The minimum absolute atomic E-state index is 0.0836. The molecule has 14 nitrogen and oxygen atoms in total. The monoisotopic (exact) mass is 950 g/mol. The zero-order chi connectivity index (χ0) is 47.6. The number of aryl methyl sites for hydroxylation is 2. The number of nitrogens with zero attached hydrogens (tertiary/aromatic N) is 5. The third kappa shape index (κ3) is 12.8. The van der Waals surface area contributed by atoms with Crippen LogP contribution < -0.4 is 32.3 Å². The number of aromatic nitrogens is 4. The molecule has 6 atom stereocenters. The van der Waals surface area contributed by atoms with Crippen LogP contribution >= 0.6 is 34.8 Å². The quantitative estimate of drug-likeness (QED) is 0.119. The predicted molar refractivity (Wildman–Crippen MR) is 261 cm³/mol. The molecule has 0 spiro atoms. The molecule has 2 amide bonds. The lowest BCUT2D eigenvalue weighted by Crippen LogP contribution is -2.47. The van der Waals surface area contributed by atoms with Gasteiger partial charge < -0.3 is 41.8 Å². The SMILES string of the molecule is CC1(NC(=O)OC(C)(C)C)C[C@H]2CNC[C@H]2C1.Cc1cccc(-c2cnc(Cl)nc2N)c1Cl.Cc1cccc(-c2cnc(N3C[C@@H]4CC(C)(NC(=O)OC(C)(C)C)C[C@@H]4C3)nc2N)c1Cl. The maximum atomic E-state index is 12.3. The van der Waals surface area contributed by atoms with Gasteiger partial charge in [0, 0.05) is 58.8 Å². The molecule has 2 aromatic carbocycles. The highest BCUT2D eigenvalue weighted by atomic mass is 35.5. The lowest BCUT2D eigenvalue weighted by atomic mass is 9.98. The smallest absolute Gasteiger partial charge is 0.408 e. The van der Waals surface area contributed by atoms with Crippen LogP contribution in [0.5, 0.6) is 0 Å². The molecule has 4 fully saturated rings. The van der Waals surface area contributed by atoms with Crippen LogP contribution in [-0.4, -0.2) is 80.6 Å². The molecule has 4 heterocycles. The van der Waals surface area contributed by atoms with Crippen molar-refractivity contribution in [2.75, 3.05) is 42.5 Å². The van der Waals surface area contributed by atoms with Gasteiger partial charge in [0.05, 0.1) is 10.0 Å². The summed E-state index contributed by atoms with van der Waals surface area (Å²) in [6.07, 6.45) is 6.63. The number of fused-ring (bicyclic) bond motifs is 2. The number of amides is 2. The lowest BCUT2D eigenvalue weighted by Gasteiger charge is -2.30. The molecule has 8 rings (SSSR count). The number of hydrogen-bond donors (Lipinski definition) is 5. The second-order valence-corrected chi connectivity index (χ2v) is 21.7. The number of rotatable bonds is 5. The molecular formula is C48H65Cl3N10O4. The summed E-state index contributed by atoms with van der Waals surface area (Å²) in [5, 5.41) is 11.0. The van der Waals surface area contributed by atoms with Gasteiger partial charge in [0.25, 0.3) is 0 Å². The van der Waals surface area contributed by atoms with E-state index in [0.29, 0.717) is 45.0 Å². The van der Waals surface area contributed by atoms with Crippen molar-refractivity contribution in [3.63, 3.8) is 0 Å². The van der Waals surface area contributed by atoms with Crippen molar-refractivity contribution in [3.05, 3.63) is 75.2 Å². The van der Waals surface area contributed by atoms with Gasteiger partial charge in [0.2, 0.25) is 11.2 Å². The normalized spacial score (nSPS) is 24.5. The second-order valence-electron chi connectivity index (χ2n) is 20.6. The molecule has 2 aliphatic carbocycles. The van der Waals surface area contributed by atoms with Gasteiger partial charge in [-0.05, 0) is 154 Å². The largest absolute Gasteiger partial charge is 0.444 e. The van der Waals surface area contributed by atoms with Gasteiger partial charge in [-0.2, -0.15) is 4.98 Å². The van der Waals surface area contributed by atoms with Crippen molar-refractivity contribution >= 4 is 64.6 Å². The number of halogens is 3. The minimum Gasteiger partial charge on any atom is -0.444 e. The van der Waals surface area contributed by atoms with Gasteiger partial charge in [-0.15, -0.1) is 0 Å². The zero-order valence-corrected chi connectivity index (χ0v) is 41.5. The number of hydrogen-bond acceptors (Lipinski definition) is 12. The van der Waals surface area contributed by atoms with E-state index >= 15 is 0 Å². The maximum absolute atomic E-state index is 12.3. The molecule has 2 aromatic heterocycles. The van der Waals surface area contributed by atoms with E-state index in [1.165, 1.54) is 0 Å². The topological polar surface area (TPSA) is 196 Å². The summed E-state index contributed by atoms with van der Waals surface area (Å²) in [6, 6.07) is 11.6. The molecule has 7 N–H and O–H groups in total. The van der Waals surface area contributed by atoms with E-state index in [1.807, 2.05) is 91.8 Å². The van der Waals surface area contributed by atoms with Crippen molar-refractivity contribution in [2.45, 2.75) is 117 Å². The first-order chi connectivity index (χ1) is 30.3. The summed E-state index contributed by atoms with van der Waals surface area (Å²) in [7, 11) is 0. The fraction of sp³-hybridized carbons (Fsp3) is 0.542. The van der Waals surface area contributed by atoms with Crippen LogP contribution in [0, 0.1) is 37.5 Å². The first-order valence-corrected chi connectivity index (χ1v) is 23.3. The van der Waals surface area contributed by atoms with Crippen molar-refractivity contribution < 1.29 is 19.1 Å². The number of nitrogens with one attached hydrogen (secondary N) is 3. The molecule has 0 radical (unpaired) electrons. The molecule has 0 bridgehead atoms. The average molecular weight is 952 g/mol. The third-order valence-corrected chi connectivity index (χ3v) is 13.5. The van der Waals surface area contributed by atoms with E-state index in [2.05, 4.69) is 54.6 Å². The van der Waals surface area contributed by atoms with Crippen LogP contribution in [0.4, 0.5) is 27.2 Å². The Hall–Kier alpha value is -4.63. The third-order valence-electron chi connectivity index (χ3n) is 12.4. The Morgan fingerprint density at radius 1 is 0.677 bits per heavy atom. The van der Waals surface area contributed by atoms with Crippen molar-refractivity contribution in [3.8, 4) is 22.3 Å². The summed E-state index contributed by atoms with van der Waals surface area (Å²) in [5.74, 6) is 3.76. The van der Waals surface area contributed by atoms with Gasteiger partial charge >= 0.3 is 12.2 Å². The highest BCUT2D eigenvalue weighted by molar-refractivity contribution is 6.34. The molecule has 352 valence electrons. The molecule has 4 aromatic rings. The van der Waals surface area contributed by atoms with Gasteiger partial charge in [0.15, 0.2) is 0 Å². The summed E-state index contributed by atoms with van der Waals surface area (Å²) in [5.41, 5.74) is 15.9.